The number of hydrogen-bond acceptors (Lipinski definition) is 7. The summed E-state index contributed by atoms with van der Waals surface area (Å²) in [5.74, 6) is -0.931. The number of imidazole rings is 1. The Bertz CT molecular complexity index is 1630. The van der Waals surface area contributed by atoms with Gasteiger partial charge in [0.2, 0.25) is 0 Å². The number of halogens is 1. The van der Waals surface area contributed by atoms with Crippen LogP contribution in [0.2, 0.25) is 0 Å². The molecule has 0 atom stereocenters. The summed E-state index contributed by atoms with van der Waals surface area (Å²) in [6, 6.07) is 5.27. The molecule has 2 amide bonds. The van der Waals surface area contributed by atoms with E-state index >= 15 is 0 Å². The molecule has 2 aliphatic rings. The lowest BCUT2D eigenvalue weighted by molar-refractivity contribution is 0.0114. The van der Waals surface area contributed by atoms with Gasteiger partial charge >= 0.3 is 6.09 Å². The molecule has 214 valence electrons. The van der Waals surface area contributed by atoms with E-state index in [-0.39, 0.29) is 23.8 Å². The lowest BCUT2D eigenvalue weighted by Gasteiger charge is -2.40. The topological polar surface area (TPSA) is 105 Å². The molecule has 4 heterocycles. The zero-order valence-corrected chi connectivity index (χ0v) is 23.7. The monoisotopic (exact) mass is 559 g/mol. The molecule has 6 rings (SSSR count). The Labute approximate surface area is 237 Å². The van der Waals surface area contributed by atoms with Crippen molar-refractivity contribution in [2.24, 2.45) is 0 Å². The molecule has 1 saturated carbocycles. The maximum Gasteiger partial charge on any atom is 0.410 e. The number of carbonyl (C=O) groups excluding carboxylic acids is 2. The summed E-state index contributed by atoms with van der Waals surface area (Å²) in [6.45, 7) is 8.93. The Balaban J connectivity index is 1.20. The van der Waals surface area contributed by atoms with E-state index in [1.165, 1.54) is 6.07 Å². The number of anilines is 2. The van der Waals surface area contributed by atoms with Crippen LogP contribution < -0.4 is 10.2 Å². The van der Waals surface area contributed by atoms with Crippen LogP contribution in [0.25, 0.3) is 16.7 Å². The highest BCUT2D eigenvalue weighted by Crippen LogP contribution is 2.35. The Kier molecular flexibility index (Phi) is 6.75. The fraction of sp³-hybridized carbons (Fsp3) is 0.433. The molecule has 1 saturated heterocycles. The highest BCUT2D eigenvalue weighted by Gasteiger charge is 2.41. The molecule has 10 nitrogen and oxygen atoms in total. The van der Waals surface area contributed by atoms with E-state index in [4.69, 9.17) is 4.74 Å². The van der Waals surface area contributed by atoms with Gasteiger partial charge in [0.25, 0.3) is 5.91 Å². The summed E-state index contributed by atoms with van der Waals surface area (Å²) in [5.41, 5.74) is 2.99. The Morgan fingerprint density at radius 3 is 2.39 bits per heavy atom. The summed E-state index contributed by atoms with van der Waals surface area (Å²) < 4.78 is 21.9. The van der Waals surface area contributed by atoms with E-state index in [1.807, 2.05) is 31.7 Å². The number of aryl methyl sites for hydroxylation is 1. The number of carbonyl (C=O) groups is 2. The minimum atomic E-state index is -0.532. The average Bonchev–Trinajstić information content (AvgIpc) is 3.67. The molecule has 0 spiro atoms. The predicted molar refractivity (Wildman–Crippen MR) is 154 cm³/mol. The summed E-state index contributed by atoms with van der Waals surface area (Å²) in [4.78, 5) is 43.8. The number of aromatic nitrogens is 4. The van der Waals surface area contributed by atoms with Crippen LogP contribution in [0.1, 0.15) is 62.5 Å². The predicted octanol–water partition coefficient (Wildman–Crippen LogP) is 5.35. The van der Waals surface area contributed by atoms with E-state index in [2.05, 4.69) is 25.2 Å². The van der Waals surface area contributed by atoms with Gasteiger partial charge in [0.15, 0.2) is 11.5 Å². The van der Waals surface area contributed by atoms with E-state index in [0.29, 0.717) is 28.0 Å². The number of nitrogens with zero attached hydrogens (tertiary/aromatic N) is 6. The van der Waals surface area contributed by atoms with E-state index < -0.39 is 17.3 Å². The van der Waals surface area contributed by atoms with Crippen LogP contribution in [0.4, 0.5) is 20.6 Å². The molecule has 3 aromatic heterocycles. The molecule has 2 fully saturated rings. The van der Waals surface area contributed by atoms with Crippen molar-refractivity contribution in [3.05, 3.63) is 60.1 Å². The molecule has 1 aromatic carbocycles. The second-order valence-corrected chi connectivity index (χ2v) is 11.9. The zero-order valence-electron chi connectivity index (χ0n) is 23.7. The Hall–Kier alpha value is -4.28. The van der Waals surface area contributed by atoms with Gasteiger partial charge in [-0.3, -0.25) is 14.8 Å². The molecule has 11 heteroatoms. The molecule has 41 heavy (non-hydrogen) atoms. The van der Waals surface area contributed by atoms with Gasteiger partial charge in [0, 0.05) is 56.0 Å². The molecule has 1 aliphatic heterocycles. The number of nitrogens with one attached hydrogen (secondary N) is 1. The van der Waals surface area contributed by atoms with Crippen LogP contribution >= 0.6 is 0 Å². The molecular formula is C30H34FN7O3. The summed E-state index contributed by atoms with van der Waals surface area (Å²) in [7, 11) is 0. The minimum absolute atomic E-state index is 0.119. The fourth-order valence-electron chi connectivity index (χ4n) is 5.58. The van der Waals surface area contributed by atoms with Crippen LogP contribution in [0.3, 0.4) is 0 Å². The highest BCUT2D eigenvalue weighted by molar-refractivity contribution is 6.13. The van der Waals surface area contributed by atoms with Gasteiger partial charge in [-0.1, -0.05) is 0 Å². The van der Waals surface area contributed by atoms with Crippen LogP contribution in [0, 0.1) is 12.7 Å². The molecule has 0 unspecified atom stereocenters. The van der Waals surface area contributed by atoms with Crippen molar-refractivity contribution in [3.8, 4) is 0 Å². The van der Waals surface area contributed by atoms with E-state index in [1.54, 1.807) is 42.2 Å². The van der Waals surface area contributed by atoms with Gasteiger partial charge in [0.05, 0.1) is 22.6 Å². The average molecular weight is 560 g/mol. The number of pyridine rings is 1. The smallest absolute Gasteiger partial charge is 0.410 e. The maximum absolute atomic E-state index is 14.6. The molecule has 0 bridgehead atoms. The van der Waals surface area contributed by atoms with Crippen molar-refractivity contribution in [1.29, 1.82) is 0 Å². The van der Waals surface area contributed by atoms with Crippen molar-refractivity contribution in [2.45, 2.75) is 71.1 Å². The number of fused-ring (bicyclic) bond motifs is 2. The quantitative estimate of drug-likeness (QED) is 0.352. The maximum atomic E-state index is 14.6. The first kappa shape index (κ1) is 26.9. The van der Waals surface area contributed by atoms with Gasteiger partial charge in [-0.25, -0.2) is 14.2 Å². The van der Waals surface area contributed by atoms with E-state index in [0.717, 1.165) is 44.5 Å². The van der Waals surface area contributed by atoms with Crippen LogP contribution in [-0.2, 0) is 4.74 Å². The second kappa shape index (κ2) is 10.3. The zero-order chi connectivity index (χ0) is 28.9. The van der Waals surface area contributed by atoms with Crippen molar-refractivity contribution in [1.82, 2.24) is 24.3 Å². The van der Waals surface area contributed by atoms with Gasteiger partial charge in [-0.2, -0.15) is 0 Å². The normalized spacial score (nSPS) is 16.3. The fourth-order valence-corrected chi connectivity index (χ4v) is 5.58. The Morgan fingerprint density at radius 2 is 1.71 bits per heavy atom. The molecule has 4 aromatic rings. The summed E-state index contributed by atoms with van der Waals surface area (Å²) in [6.07, 6.45) is 9.92. The molecule has 1 N–H and O–H groups in total. The molecule has 1 aliphatic carbocycles. The van der Waals surface area contributed by atoms with Crippen molar-refractivity contribution in [3.63, 3.8) is 0 Å². The number of benzene rings is 1. The SMILES string of the molecule is Cc1cn2cc(NC(=O)c3ccc(N4CCC(N(C(=O)OC(C)(C)C)C5CC5)CC4)c4nccnc34)cc(F)c2n1. The third kappa shape index (κ3) is 5.53. The Morgan fingerprint density at radius 1 is 1.02 bits per heavy atom. The minimum Gasteiger partial charge on any atom is -0.444 e. The molecular weight excluding hydrogens is 525 g/mol. The van der Waals surface area contributed by atoms with Gasteiger partial charge in [-0.05, 0) is 65.5 Å². The first-order chi connectivity index (χ1) is 19.6. The van der Waals surface area contributed by atoms with Crippen LogP contribution in [-0.4, -0.2) is 67.0 Å². The summed E-state index contributed by atoms with van der Waals surface area (Å²) >= 11 is 0. The van der Waals surface area contributed by atoms with Crippen molar-refractivity contribution < 1.29 is 18.7 Å². The van der Waals surface area contributed by atoms with Crippen molar-refractivity contribution >= 4 is 40.1 Å². The second-order valence-electron chi connectivity index (χ2n) is 11.9. The first-order valence-electron chi connectivity index (χ1n) is 14.0. The summed E-state index contributed by atoms with van der Waals surface area (Å²) in [5, 5.41) is 2.79. The third-order valence-corrected chi connectivity index (χ3v) is 7.48. The lowest BCUT2D eigenvalue weighted by Crippen LogP contribution is -2.50. The number of rotatable bonds is 5. The lowest BCUT2D eigenvalue weighted by atomic mass is 10.0. The largest absolute Gasteiger partial charge is 0.444 e. The van der Waals surface area contributed by atoms with Crippen LogP contribution in [0.15, 0.2) is 43.0 Å². The first-order valence-corrected chi connectivity index (χ1v) is 14.0. The van der Waals surface area contributed by atoms with Gasteiger partial charge in [0.1, 0.15) is 16.6 Å². The van der Waals surface area contributed by atoms with Crippen molar-refractivity contribution in [2.75, 3.05) is 23.3 Å². The van der Waals surface area contributed by atoms with E-state index in [9.17, 15) is 14.0 Å². The molecule has 0 radical (unpaired) electrons. The number of hydrogen-bond donors (Lipinski definition) is 1. The highest BCUT2D eigenvalue weighted by atomic mass is 19.1. The number of ether oxygens (including phenoxy) is 1. The van der Waals surface area contributed by atoms with Crippen LogP contribution in [0.5, 0.6) is 0 Å². The number of amides is 2. The third-order valence-electron chi connectivity index (χ3n) is 7.48. The van der Waals surface area contributed by atoms with Gasteiger partial charge < -0.3 is 24.3 Å². The van der Waals surface area contributed by atoms with Gasteiger partial charge in [-0.15, -0.1) is 0 Å². The standard InChI is InChI=1S/C30H34FN7O3/c1-18-16-37-17-19(15-23(31)27(37)34-18)35-28(39)22-7-8-24(26-25(22)32-11-12-33-26)36-13-9-21(10-14-36)38(20-5-6-20)29(40)41-30(2,3)4/h7-8,11-12,15-17,20-21H,5-6,9-10,13-14H2,1-4H3,(H,35,39). The number of piperidine rings is 1.